The number of ether oxygens (including phenoxy) is 2. The molecule has 0 spiro atoms. The van der Waals surface area contributed by atoms with E-state index in [9.17, 15) is 14.7 Å². The summed E-state index contributed by atoms with van der Waals surface area (Å²) in [7, 11) is 0. The number of carbonyl (C=O) groups is 2. The van der Waals surface area contributed by atoms with Crippen molar-refractivity contribution in [2.24, 2.45) is 11.8 Å². The molecular formula is C25H31ClO5. The van der Waals surface area contributed by atoms with Gasteiger partial charge in [0.15, 0.2) is 5.78 Å². The number of hydrogen-bond donors (Lipinski definition) is 1. The van der Waals surface area contributed by atoms with E-state index in [1.807, 2.05) is 32.1 Å². The fourth-order valence-corrected chi connectivity index (χ4v) is 3.40. The normalized spacial score (nSPS) is 19.6. The summed E-state index contributed by atoms with van der Waals surface area (Å²) in [6.07, 6.45) is 12.7. The molecule has 2 rings (SSSR count). The second-order valence-corrected chi connectivity index (χ2v) is 8.25. The maximum atomic E-state index is 12.2. The standard InChI is InChI=1S/C25H31ClO5/c1-18(2)31-25(29)11-6-4-3-5-8-19-12-15-24(28)23(19)14-13-21(27)17-30-22-10-7-9-20(26)16-22/h3,5,7,9-10,12-16,18-19,21,23,27H,4,6,8,11,17H2,1-2H3/t19-,21+,23+/m0/s1. The topological polar surface area (TPSA) is 72.8 Å². The van der Waals surface area contributed by atoms with Gasteiger partial charge in [0.05, 0.1) is 6.10 Å². The third-order valence-corrected chi connectivity index (χ3v) is 4.98. The van der Waals surface area contributed by atoms with Crippen molar-refractivity contribution in [2.75, 3.05) is 6.61 Å². The van der Waals surface area contributed by atoms with Gasteiger partial charge in [-0.1, -0.05) is 48.0 Å². The van der Waals surface area contributed by atoms with Gasteiger partial charge in [0.25, 0.3) is 0 Å². The highest BCUT2D eigenvalue weighted by Gasteiger charge is 2.26. The van der Waals surface area contributed by atoms with Gasteiger partial charge in [0.1, 0.15) is 18.5 Å². The van der Waals surface area contributed by atoms with E-state index >= 15 is 0 Å². The monoisotopic (exact) mass is 446 g/mol. The summed E-state index contributed by atoms with van der Waals surface area (Å²) in [6.45, 7) is 3.75. The molecule has 0 bridgehead atoms. The van der Waals surface area contributed by atoms with E-state index in [0.717, 1.165) is 19.3 Å². The molecule has 0 aliphatic heterocycles. The molecule has 0 aromatic heterocycles. The summed E-state index contributed by atoms with van der Waals surface area (Å²) in [6, 6.07) is 6.97. The first-order valence-corrected chi connectivity index (χ1v) is 11.0. The Morgan fingerprint density at radius 2 is 2.10 bits per heavy atom. The molecule has 0 amide bonds. The smallest absolute Gasteiger partial charge is 0.306 e. The highest BCUT2D eigenvalue weighted by molar-refractivity contribution is 6.30. The second kappa shape index (κ2) is 13.1. The predicted octanol–water partition coefficient (Wildman–Crippen LogP) is 5.08. The first-order chi connectivity index (χ1) is 14.8. The summed E-state index contributed by atoms with van der Waals surface area (Å²) in [5.74, 6) is 0.224. The van der Waals surface area contributed by atoms with Crippen molar-refractivity contribution < 1.29 is 24.2 Å². The molecule has 1 aliphatic carbocycles. The molecule has 31 heavy (non-hydrogen) atoms. The highest BCUT2D eigenvalue weighted by Crippen LogP contribution is 2.27. The summed E-state index contributed by atoms with van der Waals surface area (Å²) >= 11 is 5.91. The maximum absolute atomic E-state index is 12.2. The molecule has 0 unspecified atom stereocenters. The average Bonchev–Trinajstić information content (AvgIpc) is 3.06. The summed E-state index contributed by atoms with van der Waals surface area (Å²) in [4.78, 5) is 23.7. The molecule has 1 aliphatic rings. The third kappa shape index (κ3) is 9.53. The molecule has 1 N–H and O–H groups in total. The Labute approximate surface area is 189 Å². The van der Waals surface area contributed by atoms with Crippen LogP contribution in [0.3, 0.4) is 0 Å². The van der Waals surface area contributed by atoms with Crippen LogP contribution in [0.1, 0.15) is 39.5 Å². The van der Waals surface area contributed by atoms with Crippen LogP contribution in [0.15, 0.2) is 60.7 Å². The van der Waals surface area contributed by atoms with Crippen LogP contribution in [0.5, 0.6) is 5.75 Å². The van der Waals surface area contributed by atoms with Crippen molar-refractivity contribution in [1.29, 1.82) is 0 Å². The van der Waals surface area contributed by atoms with E-state index in [4.69, 9.17) is 21.1 Å². The van der Waals surface area contributed by atoms with Crippen LogP contribution in [0, 0.1) is 11.8 Å². The minimum atomic E-state index is -0.825. The highest BCUT2D eigenvalue weighted by atomic mass is 35.5. The molecule has 5 nitrogen and oxygen atoms in total. The number of esters is 1. The van der Waals surface area contributed by atoms with Crippen LogP contribution in [-0.4, -0.2) is 35.7 Å². The van der Waals surface area contributed by atoms with Gasteiger partial charge in [0.2, 0.25) is 0 Å². The minimum absolute atomic E-state index is 0.0361. The molecule has 3 atom stereocenters. The van der Waals surface area contributed by atoms with Crippen molar-refractivity contribution in [3.8, 4) is 5.75 Å². The second-order valence-electron chi connectivity index (χ2n) is 7.81. The van der Waals surface area contributed by atoms with Crippen molar-refractivity contribution >= 4 is 23.4 Å². The van der Waals surface area contributed by atoms with E-state index in [1.54, 1.807) is 42.5 Å². The molecule has 1 aromatic rings. The van der Waals surface area contributed by atoms with E-state index in [1.165, 1.54) is 0 Å². The van der Waals surface area contributed by atoms with Gasteiger partial charge in [-0.3, -0.25) is 9.59 Å². The molecular weight excluding hydrogens is 416 g/mol. The molecule has 6 heteroatoms. The van der Waals surface area contributed by atoms with E-state index in [-0.39, 0.29) is 36.3 Å². The zero-order valence-corrected chi connectivity index (χ0v) is 18.8. The van der Waals surface area contributed by atoms with Gasteiger partial charge in [-0.05, 0) is 63.3 Å². The minimum Gasteiger partial charge on any atom is -0.491 e. The van der Waals surface area contributed by atoms with Gasteiger partial charge in [-0.2, -0.15) is 0 Å². The van der Waals surface area contributed by atoms with Crippen molar-refractivity contribution in [3.05, 3.63) is 65.7 Å². The lowest BCUT2D eigenvalue weighted by molar-refractivity contribution is -0.147. The fourth-order valence-electron chi connectivity index (χ4n) is 3.22. The van der Waals surface area contributed by atoms with Crippen LogP contribution in [0.2, 0.25) is 5.02 Å². The summed E-state index contributed by atoms with van der Waals surface area (Å²) in [5, 5.41) is 10.7. The number of benzene rings is 1. The first-order valence-electron chi connectivity index (χ1n) is 10.7. The van der Waals surface area contributed by atoms with Gasteiger partial charge >= 0.3 is 5.97 Å². The van der Waals surface area contributed by atoms with Crippen LogP contribution < -0.4 is 4.74 Å². The van der Waals surface area contributed by atoms with E-state index in [2.05, 4.69) is 0 Å². The van der Waals surface area contributed by atoms with Crippen LogP contribution in [0.4, 0.5) is 0 Å². The molecule has 1 aromatic carbocycles. The third-order valence-electron chi connectivity index (χ3n) is 4.75. The van der Waals surface area contributed by atoms with Gasteiger partial charge in [-0.25, -0.2) is 0 Å². The molecule has 0 heterocycles. The Balaban J connectivity index is 1.73. The number of hydrogen-bond acceptors (Lipinski definition) is 5. The van der Waals surface area contributed by atoms with Crippen molar-refractivity contribution in [3.63, 3.8) is 0 Å². The quantitative estimate of drug-likeness (QED) is 0.275. The average molecular weight is 447 g/mol. The molecule has 0 radical (unpaired) electrons. The SMILES string of the molecule is CC(C)OC(=O)CCCC=CC[C@H]1C=CC(=O)[C@@H]1C=C[C@@H](O)COc1cccc(Cl)c1. The Morgan fingerprint density at radius 3 is 2.84 bits per heavy atom. The van der Waals surface area contributed by atoms with E-state index < -0.39 is 6.10 Å². The Hall–Kier alpha value is -2.37. The predicted molar refractivity (Wildman–Crippen MR) is 122 cm³/mol. The van der Waals surface area contributed by atoms with Crippen molar-refractivity contribution in [1.82, 2.24) is 0 Å². The number of unbranched alkanes of at least 4 members (excludes halogenated alkanes) is 1. The summed E-state index contributed by atoms with van der Waals surface area (Å²) < 4.78 is 10.6. The van der Waals surface area contributed by atoms with Gasteiger partial charge < -0.3 is 14.6 Å². The zero-order valence-electron chi connectivity index (χ0n) is 18.1. The number of aliphatic hydroxyl groups excluding tert-OH is 1. The van der Waals surface area contributed by atoms with Crippen LogP contribution in [0.25, 0.3) is 0 Å². The van der Waals surface area contributed by atoms with Crippen LogP contribution in [-0.2, 0) is 14.3 Å². The zero-order chi connectivity index (χ0) is 22.6. The number of carbonyl (C=O) groups excluding carboxylic acids is 2. The molecule has 0 saturated carbocycles. The van der Waals surface area contributed by atoms with Crippen molar-refractivity contribution in [2.45, 2.75) is 51.7 Å². The maximum Gasteiger partial charge on any atom is 0.306 e. The number of ketones is 1. The fraction of sp³-hybridized carbons (Fsp3) is 0.440. The number of rotatable bonds is 12. The molecule has 0 fully saturated rings. The largest absolute Gasteiger partial charge is 0.491 e. The molecule has 168 valence electrons. The Bertz CT molecular complexity index is 812. The lowest BCUT2D eigenvalue weighted by Crippen LogP contribution is -2.17. The first kappa shape index (κ1) is 24.9. The number of halogens is 1. The number of aliphatic hydroxyl groups is 1. The van der Waals surface area contributed by atoms with E-state index in [0.29, 0.717) is 17.2 Å². The Kier molecular flexibility index (Phi) is 10.5. The summed E-state index contributed by atoms with van der Waals surface area (Å²) in [5.41, 5.74) is 0. The van der Waals surface area contributed by atoms with Crippen LogP contribution >= 0.6 is 11.6 Å². The van der Waals surface area contributed by atoms with Gasteiger partial charge in [-0.15, -0.1) is 0 Å². The number of allylic oxidation sites excluding steroid dienone is 5. The lowest BCUT2D eigenvalue weighted by Gasteiger charge is -2.14. The van der Waals surface area contributed by atoms with Gasteiger partial charge in [0, 0.05) is 17.4 Å². The molecule has 0 saturated heterocycles. The Morgan fingerprint density at radius 1 is 1.29 bits per heavy atom. The lowest BCUT2D eigenvalue weighted by atomic mass is 9.91.